The number of imidazole rings is 1. The molecule has 2 atom stereocenters. The fourth-order valence-electron chi connectivity index (χ4n) is 2.14. The highest BCUT2D eigenvalue weighted by atomic mass is 16.5. The van der Waals surface area contributed by atoms with Gasteiger partial charge in [0.25, 0.3) is 0 Å². The number of hydrogen-bond acceptors (Lipinski definition) is 4. The molecule has 1 heterocycles. The largest absolute Gasteiger partial charge is 0.453 e. The van der Waals surface area contributed by atoms with Gasteiger partial charge < -0.3 is 19.9 Å². The van der Waals surface area contributed by atoms with Crippen molar-refractivity contribution in [1.29, 1.82) is 0 Å². The molecule has 124 valence electrons. The van der Waals surface area contributed by atoms with Gasteiger partial charge in [0.2, 0.25) is 5.91 Å². The minimum atomic E-state index is -0.521. The lowest BCUT2D eigenvalue weighted by molar-refractivity contribution is -0.124. The number of aromatic nitrogens is 2. The average Bonchev–Trinajstić information content (AvgIpc) is 2.91. The van der Waals surface area contributed by atoms with Crippen LogP contribution < -0.4 is 10.6 Å². The summed E-state index contributed by atoms with van der Waals surface area (Å²) < 4.78 is 6.44. The van der Waals surface area contributed by atoms with Gasteiger partial charge in [0.1, 0.15) is 11.9 Å². The topological polar surface area (TPSA) is 85.2 Å². The first-order valence-electron chi connectivity index (χ1n) is 7.45. The van der Waals surface area contributed by atoms with Crippen LogP contribution in [0.4, 0.5) is 4.79 Å². The second-order valence-electron chi connectivity index (χ2n) is 5.89. The number of carbonyl (C=O) groups is 2. The molecule has 0 aliphatic heterocycles. The molecule has 7 nitrogen and oxygen atoms in total. The van der Waals surface area contributed by atoms with Gasteiger partial charge in [-0.25, -0.2) is 9.78 Å². The van der Waals surface area contributed by atoms with E-state index in [1.54, 1.807) is 23.9 Å². The standard InChI is InChI=1S/C15H26N4O3/c1-9(2)12(18-15(21)22-6)13-16-7-8-19(13)11(5)14(20)17-10(3)4/h7-12H,1-6H3,(H,17,20)(H,18,21). The van der Waals surface area contributed by atoms with Crippen molar-refractivity contribution in [2.45, 2.75) is 52.7 Å². The van der Waals surface area contributed by atoms with Gasteiger partial charge in [0.05, 0.1) is 13.2 Å². The number of hydrogen-bond donors (Lipinski definition) is 2. The van der Waals surface area contributed by atoms with Crippen LogP contribution in [0.2, 0.25) is 0 Å². The Morgan fingerprint density at radius 3 is 2.32 bits per heavy atom. The Morgan fingerprint density at radius 2 is 1.82 bits per heavy atom. The van der Waals surface area contributed by atoms with Gasteiger partial charge in [-0.3, -0.25) is 4.79 Å². The number of carbonyl (C=O) groups excluding carboxylic acids is 2. The minimum Gasteiger partial charge on any atom is -0.453 e. The third-order valence-electron chi connectivity index (χ3n) is 3.33. The van der Waals surface area contributed by atoms with E-state index in [1.807, 2.05) is 27.7 Å². The second kappa shape index (κ2) is 7.82. The highest BCUT2D eigenvalue weighted by Crippen LogP contribution is 2.23. The fourth-order valence-corrected chi connectivity index (χ4v) is 2.14. The molecule has 7 heteroatoms. The normalized spacial score (nSPS) is 13.8. The van der Waals surface area contributed by atoms with E-state index >= 15 is 0 Å². The van der Waals surface area contributed by atoms with E-state index < -0.39 is 12.1 Å². The van der Waals surface area contributed by atoms with Gasteiger partial charge in [-0.1, -0.05) is 13.8 Å². The molecule has 0 aliphatic rings. The quantitative estimate of drug-likeness (QED) is 0.842. The Labute approximate surface area is 131 Å². The van der Waals surface area contributed by atoms with Crippen molar-refractivity contribution < 1.29 is 14.3 Å². The molecular formula is C15H26N4O3. The Balaban J connectivity index is 3.03. The summed E-state index contributed by atoms with van der Waals surface area (Å²) in [6.07, 6.45) is 2.85. The van der Waals surface area contributed by atoms with Crippen LogP contribution in [0.15, 0.2) is 12.4 Å². The van der Waals surface area contributed by atoms with Crippen molar-refractivity contribution in [2.24, 2.45) is 5.92 Å². The smallest absolute Gasteiger partial charge is 0.407 e. The van der Waals surface area contributed by atoms with E-state index in [9.17, 15) is 9.59 Å². The summed E-state index contributed by atoms with van der Waals surface area (Å²) in [6, 6.07) is -0.687. The van der Waals surface area contributed by atoms with Crippen molar-refractivity contribution in [3.63, 3.8) is 0 Å². The molecule has 0 radical (unpaired) electrons. The number of nitrogens with zero attached hydrogens (tertiary/aromatic N) is 2. The first-order chi connectivity index (χ1) is 10.3. The Morgan fingerprint density at radius 1 is 1.18 bits per heavy atom. The molecular weight excluding hydrogens is 284 g/mol. The number of amides is 2. The molecule has 2 N–H and O–H groups in total. The Kier molecular flexibility index (Phi) is 6.39. The minimum absolute atomic E-state index is 0.0658. The van der Waals surface area contributed by atoms with E-state index in [0.29, 0.717) is 5.82 Å². The number of rotatable bonds is 6. The van der Waals surface area contributed by atoms with E-state index in [4.69, 9.17) is 0 Å². The Hall–Kier alpha value is -2.05. The molecule has 1 rings (SSSR count). The van der Waals surface area contributed by atoms with Crippen molar-refractivity contribution in [1.82, 2.24) is 20.2 Å². The summed E-state index contributed by atoms with van der Waals surface area (Å²) in [5.41, 5.74) is 0. The van der Waals surface area contributed by atoms with E-state index in [1.165, 1.54) is 7.11 Å². The van der Waals surface area contributed by atoms with E-state index in [-0.39, 0.29) is 23.9 Å². The zero-order valence-electron chi connectivity index (χ0n) is 14.1. The number of nitrogens with one attached hydrogen (secondary N) is 2. The SMILES string of the molecule is COC(=O)NC(c1nccn1C(C)C(=O)NC(C)C)C(C)C. The van der Waals surface area contributed by atoms with E-state index in [2.05, 4.69) is 20.4 Å². The second-order valence-corrected chi connectivity index (χ2v) is 5.89. The van der Waals surface area contributed by atoms with Crippen molar-refractivity contribution in [3.05, 3.63) is 18.2 Å². The van der Waals surface area contributed by atoms with Gasteiger partial charge >= 0.3 is 6.09 Å². The summed E-state index contributed by atoms with van der Waals surface area (Å²) in [5.74, 6) is 0.641. The highest BCUT2D eigenvalue weighted by Gasteiger charge is 2.26. The van der Waals surface area contributed by atoms with Gasteiger partial charge in [-0.15, -0.1) is 0 Å². The van der Waals surface area contributed by atoms with Gasteiger partial charge in [0.15, 0.2) is 0 Å². The molecule has 2 unspecified atom stereocenters. The number of ether oxygens (including phenoxy) is 1. The third kappa shape index (κ3) is 4.47. The predicted molar refractivity (Wildman–Crippen MR) is 83.3 cm³/mol. The van der Waals surface area contributed by atoms with Crippen LogP contribution in [0.3, 0.4) is 0 Å². The van der Waals surface area contributed by atoms with Crippen molar-refractivity contribution in [3.8, 4) is 0 Å². The maximum atomic E-state index is 12.2. The molecule has 2 amide bonds. The lowest BCUT2D eigenvalue weighted by Gasteiger charge is -2.25. The lowest BCUT2D eigenvalue weighted by atomic mass is 10.0. The average molecular weight is 310 g/mol. The summed E-state index contributed by atoms with van der Waals surface area (Å²) in [7, 11) is 1.32. The summed E-state index contributed by atoms with van der Waals surface area (Å²) in [4.78, 5) is 28.1. The molecule has 0 saturated carbocycles. The van der Waals surface area contributed by atoms with Gasteiger partial charge in [0, 0.05) is 18.4 Å². The molecule has 0 aromatic carbocycles. The summed E-state index contributed by atoms with van der Waals surface area (Å²) in [6.45, 7) is 9.57. The van der Waals surface area contributed by atoms with Crippen molar-refractivity contribution >= 4 is 12.0 Å². The molecule has 0 bridgehead atoms. The number of alkyl carbamates (subject to hydrolysis) is 1. The third-order valence-corrected chi connectivity index (χ3v) is 3.33. The monoisotopic (exact) mass is 310 g/mol. The zero-order chi connectivity index (χ0) is 16.9. The Bertz CT molecular complexity index is 511. The fraction of sp³-hybridized carbons (Fsp3) is 0.667. The maximum absolute atomic E-state index is 12.2. The van der Waals surface area contributed by atoms with Crippen LogP contribution in [0.5, 0.6) is 0 Å². The molecule has 1 aromatic heterocycles. The summed E-state index contributed by atoms with van der Waals surface area (Å²) >= 11 is 0. The van der Waals surface area contributed by atoms with Crippen molar-refractivity contribution in [2.75, 3.05) is 7.11 Å². The van der Waals surface area contributed by atoms with Crippen LogP contribution >= 0.6 is 0 Å². The molecule has 0 spiro atoms. The van der Waals surface area contributed by atoms with Crippen LogP contribution in [0.25, 0.3) is 0 Å². The lowest BCUT2D eigenvalue weighted by Crippen LogP contribution is -2.38. The first kappa shape index (κ1) is 18.0. The molecule has 0 fully saturated rings. The molecule has 0 saturated heterocycles. The number of methoxy groups -OCH3 is 1. The first-order valence-corrected chi connectivity index (χ1v) is 7.45. The summed E-state index contributed by atoms with van der Waals surface area (Å²) in [5, 5.41) is 5.65. The molecule has 1 aromatic rings. The molecule has 0 aliphatic carbocycles. The van der Waals surface area contributed by atoms with Crippen LogP contribution in [-0.2, 0) is 9.53 Å². The van der Waals surface area contributed by atoms with E-state index in [0.717, 1.165) is 0 Å². The van der Waals surface area contributed by atoms with Crippen LogP contribution in [0, 0.1) is 5.92 Å². The molecule has 22 heavy (non-hydrogen) atoms. The predicted octanol–water partition coefficient (Wildman–Crippen LogP) is 2.02. The van der Waals surface area contributed by atoms with Gasteiger partial charge in [-0.05, 0) is 26.7 Å². The maximum Gasteiger partial charge on any atom is 0.407 e. The van der Waals surface area contributed by atoms with Crippen LogP contribution in [0.1, 0.15) is 52.5 Å². The van der Waals surface area contributed by atoms with Crippen LogP contribution in [-0.4, -0.2) is 34.7 Å². The van der Waals surface area contributed by atoms with Gasteiger partial charge in [-0.2, -0.15) is 0 Å². The zero-order valence-corrected chi connectivity index (χ0v) is 14.1. The highest BCUT2D eigenvalue weighted by molar-refractivity contribution is 5.80.